The highest BCUT2D eigenvalue weighted by molar-refractivity contribution is 6.24. The number of amides is 3. The zero-order valence-electron chi connectivity index (χ0n) is 23.8. The summed E-state index contributed by atoms with van der Waals surface area (Å²) in [6, 6.07) is 0.879. The van der Waals surface area contributed by atoms with Gasteiger partial charge in [0.15, 0.2) is 11.4 Å². The molecule has 4 rings (SSSR count). The minimum absolute atomic E-state index is 0.0739. The molecule has 0 saturated heterocycles. The topological polar surface area (TPSA) is 223 Å². The van der Waals surface area contributed by atoms with E-state index in [1.54, 1.807) is 6.92 Å². The van der Waals surface area contributed by atoms with E-state index in [2.05, 4.69) is 10.6 Å². The Hall–Kier alpha value is -3.94. The van der Waals surface area contributed by atoms with E-state index in [-0.39, 0.29) is 11.3 Å². The van der Waals surface area contributed by atoms with Gasteiger partial charge in [-0.25, -0.2) is 4.79 Å². The summed E-state index contributed by atoms with van der Waals surface area (Å²) in [4.78, 5) is 52.7. The van der Waals surface area contributed by atoms with Crippen LogP contribution in [0.5, 0.6) is 5.75 Å². The summed E-state index contributed by atoms with van der Waals surface area (Å²) in [6.45, 7) is 7.85. The van der Waals surface area contributed by atoms with E-state index in [0.29, 0.717) is 18.5 Å². The number of carbonyl (C=O) groups excluding carboxylic acids is 4. The Morgan fingerprint density at radius 3 is 2.27 bits per heavy atom. The number of aromatic hydroxyl groups is 1. The number of hydrogen-bond acceptors (Lipinski definition) is 10. The Morgan fingerprint density at radius 2 is 1.73 bits per heavy atom. The third-order valence-electron chi connectivity index (χ3n) is 7.91. The molecule has 1 aromatic carbocycles. The molecule has 3 aliphatic carbocycles. The highest BCUT2D eigenvalue weighted by Gasteiger charge is 2.68. The van der Waals surface area contributed by atoms with Gasteiger partial charge in [-0.2, -0.15) is 0 Å². The lowest BCUT2D eigenvalue weighted by atomic mass is 9.54. The number of nitrogens with one attached hydrogen (secondary N) is 2. The molecule has 6 atom stereocenters. The molecule has 3 amide bonds. The molecule has 0 unspecified atom stereocenters. The number of likely N-dealkylation sites (N-methyl/N-ethyl adjacent to an activating group) is 1. The largest absolute Gasteiger partial charge is 0.508 e. The second-order valence-electron chi connectivity index (χ2n) is 10.4. The second-order valence-corrected chi connectivity index (χ2v) is 10.4. The van der Waals surface area contributed by atoms with Crippen LogP contribution in [0.2, 0.25) is 0 Å². The summed E-state index contributed by atoms with van der Waals surface area (Å²) in [5, 5.41) is 61.6. The summed E-state index contributed by atoms with van der Waals surface area (Å²) >= 11 is 0. The van der Waals surface area contributed by atoms with Gasteiger partial charge in [-0.1, -0.05) is 33.8 Å². The van der Waals surface area contributed by atoms with Gasteiger partial charge in [0.2, 0.25) is 5.78 Å². The van der Waals surface area contributed by atoms with Gasteiger partial charge in [-0.15, -0.1) is 0 Å². The summed E-state index contributed by atoms with van der Waals surface area (Å²) in [6.07, 6.45) is -1.01. The fourth-order valence-corrected chi connectivity index (χ4v) is 6.12. The van der Waals surface area contributed by atoms with Gasteiger partial charge in [0.1, 0.15) is 22.8 Å². The lowest BCUT2D eigenvalue weighted by Gasteiger charge is -2.53. The fourth-order valence-electron chi connectivity index (χ4n) is 6.12. The molecule has 0 radical (unpaired) electrons. The number of phenolic OH excluding ortho intramolecular Hbond substituents is 1. The summed E-state index contributed by atoms with van der Waals surface area (Å²) in [7, 11) is 2.87. The number of carbonyl (C=O) groups is 4. The van der Waals surface area contributed by atoms with Crippen molar-refractivity contribution in [2.24, 2.45) is 17.6 Å². The first-order valence-electron chi connectivity index (χ1n) is 13.4. The van der Waals surface area contributed by atoms with E-state index in [1.807, 2.05) is 20.8 Å². The number of hydrogen-bond donors (Lipinski definition) is 8. The predicted octanol–water partition coefficient (Wildman–Crippen LogP) is 1.05. The lowest BCUT2D eigenvalue weighted by Crippen LogP contribution is -2.70. The predicted molar refractivity (Wildman–Crippen MR) is 149 cm³/mol. The van der Waals surface area contributed by atoms with Crippen molar-refractivity contribution in [3.8, 4) is 5.75 Å². The minimum Gasteiger partial charge on any atom is -0.508 e. The number of benzene rings is 1. The first-order chi connectivity index (χ1) is 19.2. The van der Waals surface area contributed by atoms with Crippen LogP contribution in [-0.2, 0) is 14.4 Å². The molecule has 1 saturated carbocycles. The third kappa shape index (κ3) is 4.63. The van der Waals surface area contributed by atoms with Crippen molar-refractivity contribution in [2.45, 2.75) is 57.8 Å². The van der Waals surface area contributed by atoms with Crippen molar-refractivity contribution < 1.29 is 44.7 Å². The molecule has 0 bridgehead atoms. The number of urea groups is 1. The standard InChI is InChI=1S/C26H32N4O9.C2H6/c1-5-8-28-25(38)29-11-7-6-10-9(2)12-14(19(32)13(10)18(11)31)22(35)26(39)16(20(12)33)17(30(3)4)21(34)15(23(26)36)24(27)37;1-2/h6-7,9,12,16-17,20,31-33,36,39H,5,8H2,1-4H3,(H2,27,37)(H2,28,29,38);1-2H3/t9-,12+,16+,17-,20-,26-;/m0./s1. The number of Topliss-reactive ketones (excluding diaryl/α,β-unsaturated/α-hetero) is 2. The van der Waals surface area contributed by atoms with Crippen LogP contribution >= 0.6 is 0 Å². The van der Waals surface area contributed by atoms with Crippen LogP contribution in [0, 0.1) is 11.8 Å². The van der Waals surface area contributed by atoms with Crippen molar-refractivity contribution in [1.82, 2.24) is 10.2 Å². The maximum absolute atomic E-state index is 14.0. The average Bonchev–Trinajstić information content (AvgIpc) is 2.91. The summed E-state index contributed by atoms with van der Waals surface area (Å²) in [5.74, 6) is -9.80. The fraction of sp³-hybridized carbons (Fsp3) is 0.500. The van der Waals surface area contributed by atoms with Crippen LogP contribution < -0.4 is 16.4 Å². The van der Waals surface area contributed by atoms with Gasteiger partial charge in [-0.05, 0) is 38.1 Å². The SMILES string of the molecule is CC.CCCNC(=O)Nc1ccc2c(c1O)C(O)=C1C(=O)[C@]3(O)C(O)=C(C(N)=O)C(=O)[C@@H](N(C)C)[C@@H]3[C@@H](O)[C@@H]1[C@H]2C. The van der Waals surface area contributed by atoms with Gasteiger partial charge in [0, 0.05) is 18.0 Å². The highest BCUT2D eigenvalue weighted by atomic mass is 16.4. The quantitative estimate of drug-likeness (QED) is 0.184. The van der Waals surface area contributed by atoms with E-state index in [9.17, 15) is 44.7 Å². The van der Waals surface area contributed by atoms with E-state index in [1.165, 1.54) is 31.1 Å². The molecule has 13 heteroatoms. The van der Waals surface area contributed by atoms with Crippen LogP contribution in [0.4, 0.5) is 10.5 Å². The molecule has 0 heterocycles. The lowest BCUT2D eigenvalue weighted by molar-refractivity contribution is -0.169. The third-order valence-corrected chi connectivity index (χ3v) is 7.91. The number of rotatable bonds is 5. The molecular formula is C28H38N4O9. The van der Waals surface area contributed by atoms with E-state index < -0.39 is 87.4 Å². The number of aliphatic hydroxyl groups excluding tert-OH is 3. The molecule has 1 aromatic rings. The second kappa shape index (κ2) is 11.5. The zero-order valence-corrected chi connectivity index (χ0v) is 23.8. The van der Waals surface area contributed by atoms with Crippen molar-refractivity contribution in [2.75, 3.05) is 26.0 Å². The van der Waals surface area contributed by atoms with Gasteiger partial charge < -0.3 is 41.9 Å². The summed E-state index contributed by atoms with van der Waals surface area (Å²) < 4.78 is 0. The molecule has 1 fully saturated rings. The number of aliphatic hydroxyl groups is 4. The number of phenols is 1. The van der Waals surface area contributed by atoms with Crippen LogP contribution in [0.25, 0.3) is 5.76 Å². The first-order valence-corrected chi connectivity index (χ1v) is 13.4. The van der Waals surface area contributed by atoms with Crippen LogP contribution in [0.15, 0.2) is 29.0 Å². The zero-order chi connectivity index (χ0) is 31.1. The molecular weight excluding hydrogens is 536 g/mol. The number of ketones is 2. The molecule has 0 aliphatic heterocycles. The van der Waals surface area contributed by atoms with Crippen LogP contribution in [0.1, 0.15) is 51.2 Å². The molecule has 41 heavy (non-hydrogen) atoms. The Kier molecular flexibility index (Phi) is 8.87. The normalized spacial score (nSPS) is 28.8. The van der Waals surface area contributed by atoms with Crippen LogP contribution in [0.3, 0.4) is 0 Å². The van der Waals surface area contributed by atoms with Crippen molar-refractivity contribution in [1.29, 1.82) is 0 Å². The number of nitrogens with zero attached hydrogens (tertiary/aromatic N) is 1. The molecule has 3 aliphatic rings. The van der Waals surface area contributed by atoms with Gasteiger partial charge in [0.25, 0.3) is 5.91 Å². The maximum Gasteiger partial charge on any atom is 0.319 e. The minimum atomic E-state index is -2.99. The summed E-state index contributed by atoms with van der Waals surface area (Å²) in [5.41, 5.74) is 0.872. The van der Waals surface area contributed by atoms with Gasteiger partial charge in [0.05, 0.1) is 29.3 Å². The van der Waals surface area contributed by atoms with Gasteiger partial charge in [-0.3, -0.25) is 19.3 Å². The van der Waals surface area contributed by atoms with Crippen molar-refractivity contribution in [3.63, 3.8) is 0 Å². The first kappa shape index (κ1) is 31.6. The Labute approximate surface area is 237 Å². The number of fused-ring (bicyclic) bond motifs is 3. The van der Waals surface area contributed by atoms with Crippen molar-refractivity contribution in [3.05, 3.63) is 40.2 Å². The number of nitrogens with two attached hydrogens (primary N) is 1. The van der Waals surface area contributed by atoms with E-state index >= 15 is 0 Å². The van der Waals surface area contributed by atoms with E-state index in [4.69, 9.17) is 5.73 Å². The number of primary amides is 1. The highest BCUT2D eigenvalue weighted by Crippen LogP contribution is 2.56. The van der Waals surface area contributed by atoms with E-state index in [0.717, 1.165) is 0 Å². The molecule has 224 valence electrons. The maximum atomic E-state index is 14.0. The Morgan fingerprint density at radius 1 is 1.12 bits per heavy atom. The van der Waals surface area contributed by atoms with Crippen molar-refractivity contribution >= 4 is 35.0 Å². The van der Waals surface area contributed by atoms with Gasteiger partial charge >= 0.3 is 6.03 Å². The molecule has 0 spiro atoms. The number of anilines is 1. The average molecular weight is 575 g/mol. The Balaban J connectivity index is 0.00000226. The monoisotopic (exact) mass is 574 g/mol. The molecule has 13 nitrogen and oxygen atoms in total. The smallest absolute Gasteiger partial charge is 0.319 e. The molecule has 9 N–H and O–H groups in total. The Bertz CT molecular complexity index is 1350. The molecule has 0 aromatic heterocycles. The van der Waals surface area contributed by atoms with Crippen LogP contribution in [-0.4, -0.2) is 92.3 Å².